The fourth-order valence-corrected chi connectivity index (χ4v) is 3.46. The number of aromatic nitrogens is 2. The predicted octanol–water partition coefficient (Wildman–Crippen LogP) is 4.23. The predicted molar refractivity (Wildman–Crippen MR) is 92.6 cm³/mol. The maximum Gasteiger partial charge on any atom is 0.348 e. The number of carbonyl (C=O) groups excluding carboxylic acids is 1. The second-order valence-corrected chi connectivity index (χ2v) is 6.17. The lowest BCUT2D eigenvalue weighted by Gasteiger charge is -2.08. The molecule has 118 valence electrons. The first-order valence-electron chi connectivity index (χ1n) is 7.35. The molecule has 0 saturated heterocycles. The third-order valence-corrected chi connectivity index (χ3v) is 4.65. The van der Waals surface area contributed by atoms with E-state index < -0.39 is 0 Å². The molecule has 2 aromatic heterocycles. The van der Waals surface area contributed by atoms with E-state index >= 15 is 0 Å². The van der Waals surface area contributed by atoms with Gasteiger partial charge >= 0.3 is 5.97 Å². The molecule has 0 aliphatic rings. The summed E-state index contributed by atoms with van der Waals surface area (Å²) in [5.41, 5.74) is 2.96. The average Bonchev–Trinajstić information content (AvgIpc) is 2.86. The standard InChI is InChI=1S/C17H17N3O2S/c1-4-22-17(21)14-11(3)13-15(18-9-19-16(13)23-14)20-12-7-5-6-10(2)8-12/h5-9H,4H2,1-3H3,(H,18,19,20). The van der Waals surface area contributed by atoms with Crippen molar-refractivity contribution < 1.29 is 9.53 Å². The van der Waals surface area contributed by atoms with Gasteiger partial charge in [-0.15, -0.1) is 11.3 Å². The number of thiophene rings is 1. The Hall–Kier alpha value is -2.47. The van der Waals surface area contributed by atoms with Crippen LogP contribution in [-0.2, 0) is 4.74 Å². The molecule has 5 nitrogen and oxygen atoms in total. The maximum atomic E-state index is 12.1. The van der Waals surface area contributed by atoms with Crippen molar-refractivity contribution in [2.45, 2.75) is 20.8 Å². The van der Waals surface area contributed by atoms with Crippen molar-refractivity contribution in [3.05, 3.63) is 46.6 Å². The van der Waals surface area contributed by atoms with Gasteiger partial charge in [-0.25, -0.2) is 14.8 Å². The summed E-state index contributed by atoms with van der Waals surface area (Å²) in [7, 11) is 0. The molecule has 3 aromatic rings. The molecule has 0 unspecified atom stereocenters. The van der Waals surface area contributed by atoms with Crippen LogP contribution in [0, 0.1) is 13.8 Å². The fourth-order valence-electron chi connectivity index (χ4n) is 2.42. The van der Waals surface area contributed by atoms with Crippen LogP contribution in [0.15, 0.2) is 30.6 Å². The molecule has 0 spiro atoms. The number of hydrogen-bond acceptors (Lipinski definition) is 6. The van der Waals surface area contributed by atoms with Crippen molar-refractivity contribution in [1.29, 1.82) is 0 Å². The number of nitrogens with one attached hydrogen (secondary N) is 1. The van der Waals surface area contributed by atoms with Gasteiger partial charge in [0.1, 0.15) is 21.9 Å². The van der Waals surface area contributed by atoms with Crippen LogP contribution in [0.5, 0.6) is 0 Å². The molecule has 2 heterocycles. The fraction of sp³-hybridized carbons (Fsp3) is 0.235. The number of aryl methyl sites for hydroxylation is 2. The molecule has 0 aliphatic carbocycles. The summed E-state index contributed by atoms with van der Waals surface area (Å²) in [5, 5.41) is 4.18. The van der Waals surface area contributed by atoms with E-state index in [1.54, 1.807) is 6.92 Å². The number of esters is 1. The van der Waals surface area contributed by atoms with Crippen LogP contribution in [0.2, 0.25) is 0 Å². The van der Waals surface area contributed by atoms with Gasteiger partial charge in [-0.05, 0) is 44.0 Å². The Bertz CT molecular complexity index is 873. The molecule has 0 radical (unpaired) electrons. The summed E-state index contributed by atoms with van der Waals surface area (Å²) in [6, 6.07) is 8.05. The van der Waals surface area contributed by atoms with E-state index in [4.69, 9.17) is 4.74 Å². The van der Waals surface area contributed by atoms with Gasteiger partial charge in [0.15, 0.2) is 0 Å². The monoisotopic (exact) mass is 327 g/mol. The third-order valence-electron chi connectivity index (χ3n) is 3.47. The highest BCUT2D eigenvalue weighted by molar-refractivity contribution is 7.20. The molecule has 0 fully saturated rings. The molecular formula is C17H17N3O2S. The Labute approximate surface area is 138 Å². The van der Waals surface area contributed by atoms with Crippen molar-refractivity contribution >= 4 is 39.0 Å². The zero-order valence-electron chi connectivity index (χ0n) is 13.2. The van der Waals surface area contributed by atoms with E-state index in [0.717, 1.165) is 27.0 Å². The van der Waals surface area contributed by atoms with Gasteiger partial charge in [-0.1, -0.05) is 12.1 Å². The summed E-state index contributed by atoms with van der Waals surface area (Å²) >= 11 is 1.33. The van der Waals surface area contributed by atoms with E-state index in [1.165, 1.54) is 17.7 Å². The quantitative estimate of drug-likeness (QED) is 0.727. The molecule has 1 aromatic carbocycles. The minimum absolute atomic E-state index is 0.311. The largest absolute Gasteiger partial charge is 0.462 e. The first kappa shape index (κ1) is 15.4. The van der Waals surface area contributed by atoms with Crippen molar-refractivity contribution in [3.63, 3.8) is 0 Å². The number of hydrogen-bond donors (Lipinski definition) is 1. The summed E-state index contributed by atoms with van der Waals surface area (Å²) in [5.74, 6) is 0.388. The molecule has 23 heavy (non-hydrogen) atoms. The molecule has 1 N–H and O–H groups in total. The van der Waals surface area contributed by atoms with E-state index in [9.17, 15) is 4.79 Å². The van der Waals surface area contributed by atoms with E-state index in [-0.39, 0.29) is 5.97 Å². The zero-order valence-corrected chi connectivity index (χ0v) is 14.0. The van der Waals surface area contributed by atoms with Crippen molar-refractivity contribution in [1.82, 2.24) is 9.97 Å². The summed E-state index contributed by atoms with van der Waals surface area (Å²) in [4.78, 5) is 22.0. The first-order valence-corrected chi connectivity index (χ1v) is 8.16. The number of anilines is 2. The van der Waals surface area contributed by atoms with Gasteiger partial charge in [0.05, 0.1) is 12.0 Å². The van der Waals surface area contributed by atoms with Crippen LogP contribution >= 0.6 is 11.3 Å². The van der Waals surface area contributed by atoms with Crippen LogP contribution in [0.1, 0.15) is 27.7 Å². The van der Waals surface area contributed by atoms with Crippen LogP contribution in [0.3, 0.4) is 0 Å². The first-order chi connectivity index (χ1) is 11.1. The highest BCUT2D eigenvalue weighted by Crippen LogP contribution is 2.34. The molecule has 0 aliphatic heterocycles. The number of fused-ring (bicyclic) bond motifs is 1. The topological polar surface area (TPSA) is 64.1 Å². The van der Waals surface area contributed by atoms with Gasteiger partial charge in [-0.3, -0.25) is 0 Å². The summed E-state index contributed by atoms with van der Waals surface area (Å²) in [6.07, 6.45) is 1.51. The molecule has 0 atom stereocenters. The van der Waals surface area contributed by atoms with Crippen molar-refractivity contribution in [2.75, 3.05) is 11.9 Å². The van der Waals surface area contributed by atoms with Crippen molar-refractivity contribution in [3.8, 4) is 0 Å². The van der Waals surface area contributed by atoms with Gasteiger partial charge < -0.3 is 10.1 Å². The minimum Gasteiger partial charge on any atom is -0.462 e. The second kappa shape index (κ2) is 6.34. The molecule has 3 rings (SSSR count). The normalized spacial score (nSPS) is 10.7. The Morgan fingerprint density at radius 1 is 1.30 bits per heavy atom. The Kier molecular flexibility index (Phi) is 4.25. The lowest BCUT2D eigenvalue weighted by Crippen LogP contribution is -2.03. The van der Waals surface area contributed by atoms with E-state index in [1.807, 2.05) is 38.1 Å². The lowest BCUT2D eigenvalue weighted by atomic mass is 10.2. The number of ether oxygens (including phenoxy) is 1. The van der Waals surface area contributed by atoms with Gasteiger partial charge in [-0.2, -0.15) is 0 Å². The summed E-state index contributed by atoms with van der Waals surface area (Å²) in [6.45, 7) is 6.09. The number of nitrogens with zero attached hydrogens (tertiary/aromatic N) is 2. The summed E-state index contributed by atoms with van der Waals surface area (Å²) < 4.78 is 5.12. The molecule has 6 heteroatoms. The highest BCUT2D eigenvalue weighted by atomic mass is 32.1. The van der Waals surface area contributed by atoms with Gasteiger partial charge in [0.2, 0.25) is 0 Å². The zero-order chi connectivity index (χ0) is 16.4. The number of benzene rings is 1. The van der Waals surface area contributed by atoms with Crippen molar-refractivity contribution in [2.24, 2.45) is 0 Å². The number of carbonyl (C=O) groups is 1. The van der Waals surface area contributed by atoms with Crippen LogP contribution in [0.25, 0.3) is 10.2 Å². The van der Waals surface area contributed by atoms with Gasteiger partial charge in [0.25, 0.3) is 0 Å². The molecule has 0 bridgehead atoms. The minimum atomic E-state index is -0.311. The van der Waals surface area contributed by atoms with Crippen LogP contribution in [0.4, 0.5) is 11.5 Å². The third kappa shape index (κ3) is 3.03. The van der Waals surface area contributed by atoms with Crippen LogP contribution < -0.4 is 5.32 Å². The maximum absolute atomic E-state index is 12.1. The lowest BCUT2D eigenvalue weighted by molar-refractivity contribution is 0.0531. The second-order valence-electron chi connectivity index (χ2n) is 5.17. The Morgan fingerprint density at radius 3 is 2.87 bits per heavy atom. The SMILES string of the molecule is CCOC(=O)c1sc2ncnc(Nc3cccc(C)c3)c2c1C. The average molecular weight is 327 g/mol. The van der Waals surface area contributed by atoms with Gasteiger partial charge in [0, 0.05) is 5.69 Å². The number of rotatable bonds is 4. The van der Waals surface area contributed by atoms with E-state index in [0.29, 0.717) is 17.3 Å². The van der Waals surface area contributed by atoms with Crippen LogP contribution in [-0.4, -0.2) is 22.5 Å². The molecule has 0 saturated carbocycles. The molecular weight excluding hydrogens is 310 g/mol. The van der Waals surface area contributed by atoms with E-state index in [2.05, 4.69) is 15.3 Å². The Balaban J connectivity index is 2.06. The molecule has 0 amide bonds. The Morgan fingerprint density at radius 2 is 2.13 bits per heavy atom. The smallest absolute Gasteiger partial charge is 0.348 e. The highest BCUT2D eigenvalue weighted by Gasteiger charge is 2.20.